The van der Waals surface area contributed by atoms with Crippen LogP contribution in [-0.2, 0) is 0 Å². The van der Waals surface area contributed by atoms with Gasteiger partial charge in [-0.2, -0.15) is 11.8 Å². The van der Waals surface area contributed by atoms with Gasteiger partial charge < -0.3 is 10.6 Å². The van der Waals surface area contributed by atoms with Gasteiger partial charge in [0.2, 0.25) is 0 Å². The highest BCUT2D eigenvalue weighted by Crippen LogP contribution is 2.18. The third kappa shape index (κ3) is 4.75. The van der Waals surface area contributed by atoms with Gasteiger partial charge >= 0.3 is 0 Å². The van der Waals surface area contributed by atoms with Crippen molar-refractivity contribution in [3.8, 4) is 0 Å². The predicted molar refractivity (Wildman–Crippen MR) is 70.4 cm³/mol. The van der Waals surface area contributed by atoms with Crippen LogP contribution in [0.25, 0.3) is 0 Å². The first kappa shape index (κ1) is 13.3. The lowest BCUT2D eigenvalue weighted by molar-refractivity contribution is 0.152. The second kappa shape index (κ2) is 7.53. The maximum absolute atomic E-state index is 6.10. The van der Waals surface area contributed by atoms with Gasteiger partial charge in [-0.3, -0.25) is 0 Å². The monoisotopic (exact) mass is 230 g/mol. The number of likely N-dealkylation sites (tertiary alicyclic amines) is 1. The Balaban J connectivity index is 2.14. The van der Waals surface area contributed by atoms with E-state index in [2.05, 4.69) is 30.5 Å². The molecule has 0 radical (unpaired) electrons. The molecule has 0 aromatic heterocycles. The Morgan fingerprint density at radius 1 is 1.40 bits per heavy atom. The second-order valence-electron chi connectivity index (χ2n) is 4.47. The fourth-order valence-electron chi connectivity index (χ4n) is 2.30. The number of hydrogen-bond donors (Lipinski definition) is 1. The Kier molecular flexibility index (Phi) is 6.69. The molecule has 2 atom stereocenters. The van der Waals surface area contributed by atoms with E-state index in [-0.39, 0.29) is 0 Å². The van der Waals surface area contributed by atoms with Crippen molar-refractivity contribution in [3.63, 3.8) is 0 Å². The molecule has 1 fully saturated rings. The van der Waals surface area contributed by atoms with Gasteiger partial charge in [0.1, 0.15) is 0 Å². The molecule has 1 rings (SSSR count). The largest absolute Gasteiger partial charge is 0.327 e. The van der Waals surface area contributed by atoms with E-state index in [1.807, 2.05) is 0 Å². The van der Waals surface area contributed by atoms with Crippen LogP contribution in [0.4, 0.5) is 0 Å². The molecule has 0 saturated carbocycles. The van der Waals surface area contributed by atoms with E-state index in [1.165, 1.54) is 50.4 Å². The van der Waals surface area contributed by atoms with Crippen LogP contribution in [0.2, 0.25) is 0 Å². The summed E-state index contributed by atoms with van der Waals surface area (Å²) < 4.78 is 0. The highest BCUT2D eigenvalue weighted by molar-refractivity contribution is 7.99. The van der Waals surface area contributed by atoms with E-state index in [1.54, 1.807) is 0 Å². The molecule has 1 saturated heterocycles. The van der Waals surface area contributed by atoms with Crippen LogP contribution in [0.5, 0.6) is 0 Å². The van der Waals surface area contributed by atoms with Crippen molar-refractivity contribution in [2.45, 2.75) is 39.2 Å². The Morgan fingerprint density at radius 3 is 2.87 bits per heavy atom. The highest BCUT2D eigenvalue weighted by atomic mass is 32.2. The summed E-state index contributed by atoms with van der Waals surface area (Å²) in [4.78, 5) is 2.60. The quantitative estimate of drug-likeness (QED) is 0.709. The van der Waals surface area contributed by atoms with Gasteiger partial charge in [-0.1, -0.05) is 20.3 Å². The summed E-state index contributed by atoms with van der Waals surface area (Å²) in [6.45, 7) is 8.22. The van der Waals surface area contributed by atoms with E-state index in [9.17, 15) is 0 Å². The Labute approximate surface area is 99.0 Å². The average molecular weight is 230 g/mol. The smallest absolute Gasteiger partial charge is 0.00914 e. The summed E-state index contributed by atoms with van der Waals surface area (Å²) >= 11 is 2.05. The van der Waals surface area contributed by atoms with Gasteiger partial charge in [0, 0.05) is 12.6 Å². The van der Waals surface area contributed by atoms with Gasteiger partial charge in [0.15, 0.2) is 0 Å². The van der Waals surface area contributed by atoms with Crippen molar-refractivity contribution in [1.82, 2.24) is 4.90 Å². The summed E-state index contributed by atoms with van der Waals surface area (Å²) in [6.07, 6.45) is 3.77. The average Bonchev–Trinajstić information content (AvgIpc) is 2.26. The van der Waals surface area contributed by atoms with Crippen LogP contribution < -0.4 is 5.73 Å². The molecule has 0 aromatic carbocycles. The minimum atomic E-state index is 0.455. The van der Waals surface area contributed by atoms with Crippen molar-refractivity contribution >= 4 is 11.8 Å². The molecule has 1 aliphatic heterocycles. The molecule has 2 nitrogen and oxygen atoms in total. The molecule has 1 heterocycles. The topological polar surface area (TPSA) is 29.3 Å². The molecular weight excluding hydrogens is 204 g/mol. The summed E-state index contributed by atoms with van der Waals surface area (Å²) in [6, 6.07) is 0.455. The molecule has 1 aliphatic rings. The Morgan fingerprint density at radius 2 is 2.20 bits per heavy atom. The SMILES string of the molecule is CCSCCCN1CCC(N)C(CC)C1. The molecular formula is C12H26N2S. The normalized spacial score (nSPS) is 28.2. The molecule has 3 heteroatoms. The summed E-state index contributed by atoms with van der Waals surface area (Å²) in [5, 5.41) is 0. The molecule has 0 spiro atoms. The van der Waals surface area contributed by atoms with Crippen LogP contribution in [-0.4, -0.2) is 42.1 Å². The molecule has 0 amide bonds. The first-order valence-corrected chi connectivity index (χ1v) is 7.49. The number of hydrogen-bond acceptors (Lipinski definition) is 3. The van der Waals surface area contributed by atoms with Crippen molar-refractivity contribution in [3.05, 3.63) is 0 Å². The summed E-state index contributed by atoms with van der Waals surface area (Å²) in [7, 11) is 0. The van der Waals surface area contributed by atoms with Crippen molar-refractivity contribution in [2.75, 3.05) is 31.1 Å². The number of nitrogens with zero attached hydrogens (tertiary/aromatic N) is 1. The van der Waals surface area contributed by atoms with Crippen LogP contribution in [0.15, 0.2) is 0 Å². The highest BCUT2D eigenvalue weighted by Gasteiger charge is 2.24. The van der Waals surface area contributed by atoms with Gasteiger partial charge in [-0.25, -0.2) is 0 Å². The number of piperidine rings is 1. The van der Waals surface area contributed by atoms with Crippen molar-refractivity contribution in [1.29, 1.82) is 0 Å². The van der Waals surface area contributed by atoms with E-state index in [0.717, 1.165) is 5.92 Å². The molecule has 0 aromatic rings. The molecule has 2 unspecified atom stereocenters. The van der Waals surface area contributed by atoms with E-state index >= 15 is 0 Å². The molecule has 2 N–H and O–H groups in total. The fourth-order valence-corrected chi connectivity index (χ4v) is 2.92. The Hall–Kier alpha value is 0.270. The number of thioether (sulfide) groups is 1. The summed E-state index contributed by atoms with van der Waals surface area (Å²) in [5.74, 6) is 3.30. The van der Waals surface area contributed by atoms with Gasteiger partial charge in [-0.05, 0) is 43.4 Å². The minimum Gasteiger partial charge on any atom is -0.327 e. The first-order chi connectivity index (χ1) is 7.27. The Bertz CT molecular complexity index is 164. The van der Waals surface area contributed by atoms with Crippen LogP contribution >= 0.6 is 11.8 Å². The standard InChI is InChI=1S/C12H26N2S/c1-3-11-10-14(8-6-12(11)13)7-5-9-15-4-2/h11-12H,3-10,13H2,1-2H3. The van der Waals surface area contributed by atoms with Crippen molar-refractivity contribution in [2.24, 2.45) is 11.7 Å². The zero-order valence-corrected chi connectivity index (χ0v) is 11.1. The lowest BCUT2D eigenvalue weighted by Crippen LogP contribution is -2.47. The maximum atomic E-state index is 6.10. The zero-order chi connectivity index (χ0) is 11.1. The molecule has 0 bridgehead atoms. The zero-order valence-electron chi connectivity index (χ0n) is 10.2. The third-order valence-corrected chi connectivity index (χ3v) is 4.35. The fraction of sp³-hybridized carbons (Fsp3) is 1.00. The van der Waals surface area contributed by atoms with Gasteiger partial charge in [0.05, 0.1) is 0 Å². The number of rotatable bonds is 6. The minimum absolute atomic E-state index is 0.455. The molecule has 0 aliphatic carbocycles. The van der Waals surface area contributed by atoms with Gasteiger partial charge in [0.25, 0.3) is 0 Å². The molecule has 90 valence electrons. The maximum Gasteiger partial charge on any atom is 0.00914 e. The van der Waals surface area contributed by atoms with Crippen LogP contribution in [0.3, 0.4) is 0 Å². The lowest BCUT2D eigenvalue weighted by Gasteiger charge is -2.36. The number of nitrogens with two attached hydrogens (primary N) is 1. The first-order valence-electron chi connectivity index (χ1n) is 6.33. The summed E-state index contributed by atoms with van der Waals surface area (Å²) in [5.41, 5.74) is 6.10. The second-order valence-corrected chi connectivity index (χ2v) is 5.87. The van der Waals surface area contributed by atoms with Crippen LogP contribution in [0, 0.1) is 5.92 Å². The van der Waals surface area contributed by atoms with E-state index in [4.69, 9.17) is 5.73 Å². The third-order valence-electron chi connectivity index (χ3n) is 3.37. The lowest BCUT2D eigenvalue weighted by atomic mass is 9.91. The van der Waals surface area contributed by atoms with Crippen LogP contribution in [0.1, 0.15) is 33.1 Å². The van der Waals surface area contributed by atoms with Gasteiger partial charge in [-0.15, -0.1) is 0 Å². The van der Waals surface area contributed by atoms with E-state index < -0.39 is 0 Å². The predicted octanol–water partition coefficient (Wildman–Crippen LogP) is 2.19. The molecule has 15 heavy (non-hydrogen) atoms. The van der Waals surface area contributed by atoms with E-state index in [0.29, 0.717) is 6.04 Å². The van der Waals surface area contributed by atoms with Crippen molar-refractivity contribution < 1.29 is 0 Å².